The van der Waals surface area contributed by atoms with Gasteiger partial charge in [0.25, 0.3) is 0 Å². The number of hydrogen-bond donors (Lipinski definition) is 0. The molecule has 2 heteroatoms. The Morgan fingerprint density at radius 1 is 0.941 bits per heavy atom. The highest BCUT2D eigenvalue weighted by molar-refractivity contribution is 6.05. The minimum atomic E-state index is -0.162. The maximum Gasteiger partial charge on any atom is 0.126 e. The van der Waals surface area contributed by atoms with Crippen molar-refractivity contribution in [3.8, 4) is 0 Å². The van der Waals surface area contributed by atoms with E-state index in [4.69, 9.17) is 0 Å². The van der Waals surface area contributed by atoms with Gasteiger partial charge in [-0.05, 0) is 43.0 Å². The molecule has 0 saturated heterocycles. The number of benzene rings is 2. The quantitative estimate of drug-likeness (QED) is 0.524. The van der Waals surface area contributed by atoms with Crippen molar-refractivity contribution in [2.75, 3.05) is 0 Å². The van der Waals surface area contributed by atoms with Crippen molar-refractivity contribution in [1.29, 1.82) is 0 Å². The number of fused-ring (bicyclic) bond motifs is 3. The van der Waals surface area contributed by atoms with E-state index in [0.29, 0.717) is 5.56 Å². The van der Waals surface area contributed by atoms with E-state index in [-0.39, 0.29) is 5.82 Å². The molecule has 17 heavy (non-hydrogen) atoms. The molecule has 0 fully saturated rings. The predicted molar refractivity (Wildman–Crippen MR) is 68.7 cm³/mol. The number of halogens is 1. The van der Waals surface area contributed by atoms with Crippen LogP contribution in [0.4, 0.5) is 4.39 Å². The zero-order chi connectivity index (χ0) is 12.0. The smallest absolute Gasteiger partial charge is 0.126 e. The first-order valence-electron chi connectivity index (χ1n) is 5.61. The highest BCUT2D eigenvalue weighted by atomic mass is 19.1. The Bertz CT molecular complexity index is 732. The Morgan fingerprint density at radius 2 is 1.65 bits per heavy atom. The summed E-state index contributed by atoms with van der Waals surface area (Å²) in [5.41, 5.74) is 2.59. The van der Waals surface area contributed by atoms with Crippen LogP contribution in [0.5, 0.6) is 0 Å². The van der Waals surface area contributed by atoms with Gasteiger partial charge in [-0.2, -0.15) is 0 Å². The molecule has 0 aliphatic heterocycles. The Balaban J connectivity index is 2.53. The summed E-state index contributed by atoms with van der Waals surface area (Å²) in [6.45, 7) is 3.75. The van der Waals surface area contributed by atoms with Crippen LogP contribution in [0.2, 0.25) is 0 Å². The summed E-state index contributed by atoms with van der Waals surface area (Å²) in [5.74, 6) is -0.162. The summed E-state index contributed by atoms with van der Waals surface area (Å²) in [6.07, 6.45) is 0. The molecule has 0 spiro atoms. The molecule has 0 aliphatic rings. The van der Waals surface area contributed by atoms with E-state index in [2.05, 4.69) is 11.1 Å². The zero-order valence-corrected chi connectivity index (χ0v) is 9.79. The monoisotopic (exact) mass is 225 g/mol. The first-order chi connectivity index (χ1) is 8.15. The second-order valence-corrected chi connectivity index (χ2v) is 4.41. The van der Waals surface area contributed by atoms with Crippen molar-refractivity contribution in [2.45, 2.75) is 13.8 Å². The molecule has 0 amide bonds. The molecule has 3 aromatic rings. The Morgan fingerprint density at radius 3 is 2.47 bits per heavy atom. The SMILES string of the molecule is Cc1ccc2ccc3cc(F)c(C)cc3c2n1. The average Bonchev–Trinajstić information content (AvgIpc) is 2.31. The van der Waals surface area contributed by atoms with Gasteiger partial charge < -0.3 is 0 Å². The topological polar surface area (TPSA) is 12.9 Å². The van der Waals surface area contributed by atoms with Crippen LogP contribution in [0.15, 0.2) is 36.4 Å². The molecule has 1 aromatic heterocycles. The lowest BCUT2D eigenvalue weighted by Gasteiger charge is -2.06. The van der Waals surface area contributed by atoms with Gasteiger partial charge in [0.05, 0.1) is 5.52 Å². The van der Waals surface area contributed by atoms with Crippen LogP contribution >= 0.6 is 0 Å². The van der Waals surface area contributed by atoms with Gasteiger partial charge in [0.1, 0.15) is 5.82 Å². The van der Waals surface area contributed by atoms with Crippen molar-refractivity contribution in [2.24, 2.45) is 0 Å². The van der Waals surface area contributed by atoms with Crippen LogP contribution < -0.4 is 0 Å². The van der Waals surface area contributed by atoms with Crippen molar-refractivity contribution < 1.29 is 4.39 Å². The van der Waals surface area contributed by atoms with E-state index in [0.717, 1.165) is 27.4 Å². The number of aryl methyl sites for hydroxylation is 2. The van der Waals surface area contributed by atoms with E-state index < -0.39 is 0 Å². The molecule has 2 aromatic carbocycles. The van der Waals surface area contributed by atoms with Gasteiger partial charge in [0, 0.05) is 16.5 Å². The number of hydrogen-bond acceptors (Lipinski definition) is 1. The van der Waals surface area contributed by atoms with E-state index in [1.165, 1.54) is 0 Å². The van der Waals surface area contributed by atoms with Gasteiger partial charge in [-0.3, -0.25) is 4.98 Å². The van der Waals surface area contributed by atoms with Crippen molar-refractivity contribution in [3.63, 3.8) is 0 Å². The van der Waals surface area contributed by atoms with Gasteiger partial charge >= 0.3 is 0 Å². The third-order valence-corrected chi connectivity index (χ3v) is 3.09. The van der Waals surface area contributed by atoms with E-state index >= 15 is 0 Å². The van der Waals surface area contributed by atoms with Crippen LogP contribution in [-0.2, 0) is 0 Å². The average molecular weight is 225 g/mol. The molecule has 0 aliphatic carbocycles. The lowest BCUT2D eigenvalue weighted by atomic mass is 10.0. The first kappa shape index (κ1) is 10.2. The molecule has 1 nitrogen and oxygen atoms in total. The van der Waals surface area contributed by atoms with E-state index in [1.807, 2.05) is 31.2 Å². The minimum Gasteiger partial charge on any atom is -0.252 e. The Hall–Kier alpha value is -1.96. The third kappa shape index (κ3) is 1.57. The molecule has 1 heterocycles. The van der Waals surface area contributed by atoms with Crippen LogP contribution in [0.1, 0.15) is 11.3 Å². The van der Waals surface area contributed by atoms with Gasteiger partial charge in [-0.25, -0.2) is 4.39 Å². The summed E-state index contributed by atoms with van der Waals surface area (Å²) < 4.78 is 13.5. The maximum atomic E-state index is 13.5. The van der Waals surface area contributed by atoms with Crippen LogP contribution in [0.3, 0.4) is 0 Å². The lowest BCUT2D eigenvalue weighted by Crippen LogP contribution is -1.88. The lowest BCUT2D eigenvalue weighted by molar-refractivity contribution is 0.620. The normalized spacial score (nSPS) is 11.2. The molecular weight excluding hydrogens is 213 g/mol. The van der Waals surface area contributed by atoms with Crippen molar-refractivity contribution >= 4 is 21.7 Å². The molecule has 0 radical (unpaired) electrons. The summed E-state index contributed by atoms with van der Waals surface area (Å²) in [4.78, 5) is 4.55. The molecule has 0 unspecified atom stereocenters. The molecule has 0 N–H and O–H groups in total. The second kappa shape index (κ2) is 3.52. The fraction of sp³-hybridized carbons (Fsp3) is 0.133. The summed E-state index contributed by atoms with van der Waals surface area (Å²) >= 11 is 0. The van der Waals surface area contributed by atoms with E-state index in [9.17, 15) is 4.39 Å². The van der Waals surface area contributed by atoms with Gasteiger partial charge in [-0.1, -0.05) is 18.2 Å². The molecule has 0 bridgehead atoms. The minimum absolute atomic E-state index is 0.162. The Labute approximate surface area is 98.9 Å². The largest absolute Gasteiger partial charge is 0.252 e. The second-order valence-electron chi connectivity index (χ2n) is 4.41. The molecule has 0 atom stereocenters. The van der Waals surface area contributed by atoms with Crippen molar-refractivity contribution in [3.05, 3.63) is 53.5 Å². The van der Waals surface area contributed by atoms with Crippen LogP contribution in [0, 0.1) is 19.7 Å². The number of aromatic nitrogens is 1. The first-order valence-corrected chi connectivity index (χ1v) is 5.61. The predicted octanol–water partition coefficient (Wildman–Crippen LogP) is 4.14. The molecular formula is C15H12FN. The zero-order valence-electron chi connectivity index (χ0n) is 9.79. The fourth-order valence-electron chi connectivity index (χ4n) is 2.14. The van der Waals surface area contributed by atoms with E-state index in [1.54, 1.807) is 13.0 Å². The summed E-state index contributed by atoms with van der Waals surface area (Å²) in [7, 11) is 0. The molecule has 84 valence electrons. The number of rotatable bonds is 0. The number of pyridine rings is 1. The fourth-order valence-corrected chi connectivity index (χ4v) is 2.14. The van der Waals surface area contributed by atoms with Gasteiger partial charge in [0.15, 0.2) is 0 Å². The van der Waals surface area contributed by atoms with Gasteiger partial charge in [0.2, 0.25) is 0 Å². The number of nitrogens with zero attached hydrogens (tertiary/aromatic N) is 1. The van der Waals surface area contributed by atoms with Crippen molar-refractivity contribution in [1.82, 2.24) is 4.98 Å². The van der Waals surface area contributed by atoms with Crippen LogP contribution in [-0.4, -0.2) is 4.98 Å². The van der Waals surface area contributed by atoms with Crippen LogP contribution in [0.25, 0.3) is 21.7 Å². The summed E-state index contributed by atoms with van der Waals surface area (Å²) in [5, 5.41) is 3.01. The highest BCUT2D eigenvalue weighted by Crippen LogP contribution is 2.26. The third-order valence-electron chi connectivity index (χ3n) is 3.09. The molecule has 0 saturated carbocycles. The highest BCUT2D eigenvalue weighted by Gasteiger charge is 2.05. The standard InChI is InChI=1S/C15H12FN/c1-9-7-13-12(8-14(9)16)6-5-11-4-3-10(2)17-15(11)13/h3-8H,1-2H3. The Kier molecular flexibility index (Phi) is 2.11. The summed E-state index contributed by atoms with van der Waals surface area (Å²) in [6, 6.07) is 11.4. The molecule has 3 rings (SSSR count). The van der Waals surface area contributed by atoms with Gasteiger partial charge in [-0.15, -0.1) is 0 Å². The maximum absolute atomic E-state index is 13.5.